The molecule has 164 valence electrons. The van der Waals surface area contributed by atoms with Crippen LogP contribution in [0.25, 0.3) is 16.3 Å². The zero-order chi connectivity index (χ0) is 22.8. The lowest BCUT2D eigenvalue weighted by Gasteiger charge is -2.18. The molecule has 0 saturated heterocycles. The van der Waals surface area contributed by atoms with Crippen molar-refractivity contribution < 1.29 is 13.6 Å². The van der Waals surface area contributed by atoms with E-state index in [0.29, 0.717) is 21.8 Å². The van der Waals surface area contributed by atoms with Crippen molar-refractivity contribution in [3.8, 4) is 0 Å². The van der Waals surface area contributed by atoms with Gasteiger partial charge in [0.15, 0.2) is 10.9 Å². The van der Waals surface area contributed by atoms with E-state index in [1.165, 1.54) is 17.0 Å². The molecule has 0 N–H and O–H groups in total. The maximum absolute atomic E-state index is 14.2. The van der Waals surface area contributed by atoms with Gasteiger partial charge in [0.1, 0.15) is 11.3 Å². The number of benzene rings is 2. The van der Waals surface area contributed by atoms with E-state index in [1.54, 1.807) is 29.0 Å². The molecule has 0 saturated carbocycles. The molecule has 0 bridgehead atoms. The van der Waals surface area contributed by atoms with Gasteiger partial charge in [-0.25, -0.2) is 13.8 Å². The Morgan fingerprint density at radius 1 is 1.22 bits per heavy atom. The molecule has 5 nitrogen and oxygen atoms in total. The second-order valence-corrected chi connectivity index (χ2v) is 8.64. The minimum atomic E-state index is -0.764. The Morgan fingerprint density at radius 3 is 2.72 bits per heavy atom. The van der Waals surface area contributed by atoms with Crippen molar-refractivity contribution in [2.75, 3.05) is 11.4 Å². The number of thiazole rings is 1. The van der Waals surface area contributed by atoms with Gasteiger partial charge in [0, 0.05) is 29.4 Å². The van der Waals surface area contributed by atoms with Gasteiger partial charge in [-0.1, -0.05) is 41.1 Å². The first-order valence-corrected chi connectivity index (χ1v) is 11.0. The predicted octanol–water partition coefficient (Wildman–Crippen LogP) is 5.79. The lowest BCUT2D eigenvalue weighted by Crippen LogP contribution is -2.33. The van der Waals surface area contributed by atoms with Crippen LogP contribution in [0.5, 0.6) is 0 Å². The van der Waals surface area contributed by atoms with Crippen LogP contribution < -0.4 is 4.90 Å². The SMILES string of the molecule is Cc1cc(C)n(CCN(C(=O)/C=C/c2ccccc2Cl)c2nc3c(F)cc(F)cc3s2)n1. The highest BCUT2D eigenvalue weighted by Gasteiger charge is 2.20. The summed E-state index contributed by atoms with van der Waals surface area (Å²) in [4.78, 5) is 18.8. The highest BCUT2D eigenvalue weighted by molar-refractivity contribution is 7.22. The van der Waals surface area contributed by atoms with Crippen LogP contribution >= 0.6 is 22.9 Å². The maximum atomic E-state index is 14.2. The minimum absolute atomic E-state index is 0.0328. The topological polar surface area (TPSA) is 51.0 Å². The molecule has 2 aromatic heterocycles. The molecule has 1 amide bonds. The number of hydrogen-bond donors (Lipinski definition) is 0. The molecule has 0 unspecified atom stereocenters. The van der Waals surface area contributed by atoms with E-state index in [9.17, 15) is 13.6 Å². The van der Waals surface area contributed by atoms with Crippen LogP contribution in [0.3, 0.4) is 0 Å². The lowest BCUT2D eigenvalue weighted by molar-refractivity contribution is -0.114. The predicted molar refractivity (Wildman–Crippen MR) is 124 cm³/mol. The van der Waals surface area contributed by atoms with Crippen molar-refractivity contribution in [1.82, 2.24) is 14.8 Å². The van der Waals surface area contributed by atoms with Crippen LogP contribution in [0.2, 0.25) is 5.02 Å². The van der Waals surface area contributed by atoms with Gasteiger partial charge in [-0.05, 0) is 43.7 Å². The highest BCUT2D eigenvalue weighted by Crippen LogP contribution is 2.31. The van der Waals surface area contributed by atoms with Gasteiger partial charge in [-0.15, -0.1) is 0 Å². The summed E-state index contributed by atoms with van der Waals surface area (Å²) in [6.45, 7) is 4.48. The van der Waals surface area contributed by atoms with Crippen molar-refractivity contribution in [3.05, 3.63) is 82.1 Å². The first-order valence-electron chi connectivity index (χ1n) is 9.82. The van der Waals surface area contributed by atoms with Crippen LogP contribution in [0.4, 0.5) is 13.9 Å². The molecule has 0 aliphatic carbocycles. The van der Waals surface area contributed by atoms with Crippen molar-refractivity contribution in [3.63, 3.8) is 0 Å². The molecular formula is C23H19ClF2N4OS. The number of anilines is 1. The number of aromatic nitrogens is 3. The Hall–Kier alpha value is -3.10. The third-order valence-corrected chi connectivity index (χ3v) is 6.22. The van der Waals surface area contributed by atoms with Crippen LogP contribution in [0.15, 0.2) is 48.5 Å². The van der Waals surface area contributed by atoms with Crippen LogP contribution in [-0.4, -0.2) is 27.2 Å². The number of hydrogen-bond acceptors (Lipinski definition) is 4. The fourth-order valence-corrected chi connectivity index (χ4v) is 4.55. The van der Waals surface area contributed by atoms with Gasteiger partial charge in [0.25, 0.3) is 5.91 Å². The molecule has 0 spiro atoms. The van der Waals surface area contributed by atoms with Gasteiger partial charge in [-0.3, -0.25) is 14.4 Å². The average molecular weight is 473 g/mol. The van der Waals surface area contributed by atoms with E-state index >= 15 is 0 Å². The van der Waals surface area contributed by atoms with Gasteiger partial charge in [0.05, 0.1) is 16.9 Å². The van der Waals surface area contributed by atoms with E-state index < -0.39 is 11.6 Å². The summed E-state index contributed by atoms with van der Waals surface area (Å²) in [5.41, 5.74) is 2.55. The van der Waals surface area contributed by atoms with Gasteiger partial charge >= 0.3 is 0 Å². The van der Waals surface area contributed by atoms with Crippen LogP contribution in [0.1, 0.15) is 17.0 Å². The molecule has 4 aromatic rings. The van der Waals surface area contributed by atoms with E-state index in [0.717, 1.165) is 28.8 Å². The van der Waals surface area contributed by atoms with E-state index in [4.69, 9.17) is 11.6 Å². The molecule has 4 rings (SSSR count). The Labute approximate surface area is 192 Å². The minimum Gasteiger partial charge on any atom is -0.283 e. The zero-order valence-electron chi connectivity index (χ0n) is 17.3. The number of halogens is 3. The van der Waals surface area contributed by atoms with Crippen molar-refractivity contribution >= 4 is 50.3 Å². The largest absolute Gasteiger partial charge is 0.283 e. The first kappa shape index (κ1) is 22.1. The summed E-state index contributed by atoms with van der Waals surface area (Å²) < 4.78 is 30.0. The molecule has 9 heteroatoms. The summed E-state index contributed by atoms with van der Waals surface area (Å²) >= 11 is 7.23. The maximum Gasteiger partial charge on any atom is 0.252 e. The molecule has 2 heterocycles. The summed E-state index contributed by atoms with van der Waals surface area (Å²) in [7, 11) is 0. The van der Waals surface area contributed by atoms with Crippen LogP contribution in [-0.2, 0) is 11.3 Å². The average Bonchev–Trinajstić information content (AvgIpc) is 3.30. The quantitative estimate of drug-likeness (QED) is 0.334. The first-order chi connectivity index (χ1) is 15.3. The van der Waals surface area contributed by atoms with Gasteiger partial charge in [0.2, 0.25) is 0 Å². The third-order valence-electron chi connectivity index (χ3n) is 4.85. The van der Waals surface area contributed by atoms with Crippen LogP contribution in [0, 0.1) is 25.5 Å². The Kier molecular flexibility index (Phi) is 6.34. The monoisotopic (exact) mass is 472 g/mol. The number of carbonyl (C=O) groups is 1. The Balaban J connectivity index is 1.67. The number of carbonyl (C=O) groups excluding carboxylic acids is 1. The second kappa shape index (κ2) is 9.18. The summed E-state index contributed by atoms with van der Waals surface area (Å²) in [6, 6.07) is 11.1. The van der Waals surface area contributed by atoms with E-state index in [2.05, 4.69) is 10.1 Å². The molecule has 0 aliphatic rings. The number of fused-ring (bicyclic) bond motifs is 1. The van der Waals surface area contributed by atoms with E-state index in [-0.39, 0.29) is 23.1 Å². The lowest BCUT2D eigenvalue weighted by atomic mass is 10.2. The summed E-state index contributed by atoms with van der Waals surface area (Å²) in [6.07, 6.45) is 3.01. The number of aryl methyl sites for hydroxylation is 2. The molecular weight excluding hydrogens is 454 g/mol. The van der Waals surface area contributed by atoms with Crippen molar-refractivity contribution in [2.45, 2.75) is 20.4 Å². The normalized spacial score (nSPS) is 11.5. The van der Waals surface area contributed by atoms with Gasteiger partial charge in [-0.2, -0.15) is 5.10 Å². The third kappa shape index (κ3) is 4.71. The fourth-order valence-electron chi connectivity index (χ4n) is 3.32. The molecule has 0 fully saturated rings. The van der Waals surface area contributed by atoms with Crippen molar-refractivity contribution in [1.29, 1.82) is 0 Å². The second-order valence-electron chi connectivity index (χ2n) is 7.23. The van der Waals surface area contributed by atoms with Gasteiger partial charge < -0.3 is 0 Å². The Bertz CT molecular complexity index is 1330. The Morgan fingerprint density at radius 2 is 2.00 bits per heavy atom. The standard InChI is InChI=1S/C23H19ClF2N4OS/c1-14-11-15(2)30(28-14)10-9-29(21(31)8-7-16-5-3-4-6-18(16)24)23-27-22-19(26)12-17(25)13-20(22)32-23/h3-8,11-13H,9-10H2,1-2H3/b8-7+. The zero-order valence-corrected chi connectivity index (χ0v) is 18.9. The van der Waals surface area contributed by atoms with E-state index in [1.807, 2.05) is 26.0 Å². The number of rotatable bonds is 6. The summed E-state index contributed by atoms with van der Waals surface area (Å²) in [5.74, 6) is -1.81. The van der Waals surface area contributed by atoms with Crippen molar-refractivity contribution in [2.24, 2.45) is 0 Å². The fraction of sp³-hybridized carbons (Fsp3) is 0.174. The number of amides is 1. The molecule has 0 radical (unpaired) electrons. The smallest absolute Gasteiger partial charge is 0.252 e. The summed E-state index contributed by atoms with van der Waals surface area (Å²) in [5, 5.41) is 5.22. The molecule has 32 heavy (non-hydrogen) atoms. The molecule has 0 atom stereocenters. The molecule has 0 aliphatic heterocycles. The number of nitrogens with zero attached hydrogens (tertiary/aromatic N) is 4. The highest BCUT2D eigenvalue weighted by atomic mass is 35.5. The molecule has 2 aromatic carbocycles.